The van der Waals surface area contributed by atoms with E-state index in [-0.39, 0.29) is 18.6 Å². The van der Waals surface area contributed by atoms with Crippen LogP contribution in [0.15, 0.2) is 60.8 Å². The van der Waals surface area contributed by atoms with Gasteiger partial charge in [0.1, 0.15) is 11.6 Å². The lowest BCUT2D eigenvalue weighted by Crippen LogP contribution is -2.33. The molecule has 1 aromatic heterocycles. The van der Waals surface area contributed by atoms with Crippen molar-refractivity contribution >= 4 is 28.5 Å². The van der Waals surface area contributed by atoms with Crippen molar-refractivity contribution in [1.82, 2.24) is 15.3 Å². The number of ether oxygens (including phenoxy) is 1. The van der Waals surface area contributed by atoms with Gasteiger partial charge in [-0.05, 0) is 58.8 Å². The van der Waals surface area contributed by atoms with Crippen LogP contribution in [-0.2, 0) is 4.79 Å². The summed E-state index contributed by atoms with van der Waals surface area (Å²) in [5.41, 5.74) is 2.00. The van der Waals surface area contributed by atoms with Crippen molar-refractivity contribution in [1.29, 1.82) is 0 Å². The Bertz CT molecular complexity index is 847. The zero-order valence-corrected chi connectivity index (χ0v) is 16.6. The van der Waals surface area contributed by atoms with Crippen molar-refractivity contribution in [2.24, 2.45) is 0 Å². The van der Waals surface area contributed by atoms with Gasteiger partial charge in [-0.15, -0.1) is 0 Å². The molecule has 3 rings (SSSR count). The molecule has 6 heteroatoms. The number of benzene rings is 2. The second-order valence-corrected chi connectivity index (χ2v) is 7.06. The first-order chi connectivity index (χ1) is 12.7. The van der Waals surface area contributed by atoms with E-state index < -0.39 is 0 Å². The predicted molar refractivity (Wildman–Crippen MR) is 110 cm³/mol. The molecule has 0 saturated heterocycles. The Morgan fingerprint density at radius 2 is 1.92 bits per heavy atom. The number of H-pyrrole nitrogens is 1. The predicted octanol–water partition coefficient (Wildman–Crippen LogP) is 4.33. The molecular formula is C20H20IN3O2. The van der Waals surface area contributed by atoms with E-state index in [0.717, 1.165) is 27.1 Å². The molecule has 2 N–H and O–H groups in total. The highest BCUT2D eigenvalue weighted by molar-refractivity contribution is 14.1. The molecule has 0 aliphatic carbocycles. The number of imidazole rings is 1. The minimum atomic E-state index is -0.180. The third kappa shape index (κ3) is 4.85. The number of amides is 1. The Balaban J connectivity index is 1.59. The largest absolute Gasteiger partial charge is 0.484 e. The summed E-state index contributed by atoms with van der Waals surface area (Å²) < 4.78 is 6.66. The molecule has 0 saturated carbocycles. The van der Waals surface area contributed by atoms with Gasteiger partial charge in [-0.3, -0.25) is 4.79 Å². The van der Waals surface area contributed by atoms with Crippen molar-refractivity contribution in [3.8, 4) is 17.0 Å². The molecule has 134 valence electrons. The van der Waals surface area contributed by atoms with Gasteiger partial charge in [0.15, 0.2) is 6.61 Å². The third-order valence-electron chi connectivity index (χ3n) is 3.94. The topological polar surface area (TPSA) is 67.0 Å². The maximum atomic E-state index is 12.2. The first-order valence-electron chi connectivity index (χ1n) is 8.43. The van der Waals surface area contributed by atoms with E-state index in [4.69, 9.17) is 4.74 Å². The van der Waals surface area contributed by atoms with Crippen molar-refractivity contribution in [2.45, 2.75) is 19.4 Å². The Morgan fingerprint density at radius 3 is 2.62 bits per heavy atom. The summed E-state index contributed by atoms with van der Waals surface area (Å²) in [6.07, 6.45) is 2.53. The maximum absolute atomic E-state index is 12.2. The number of nitrogens with one attached hydrogen (secondary N) is 2. The number of hydrogen-bond donors (Lipinski definition) is 2. The van der Waals surface area contributed by atoms with Crippen molar-refractivity contribution in [3.05, 3.63) is 70.2 Å². The zero-order chi connectivity index (χ0) is 18.4. The van der Waals surface area contributed by atoms with Crippen LogP contribution >= 0.6 is 22.6 Å². The third-order valence-corrected chi connectivity index (χ3v) is 4.66. The van der Waals surface area contributed by atoms with Gasteiger partial charge >= 0.3 is 0 Å². The fourth-order valence-electron chi connectivity index (χ4n) is 2.56. The number of rotatable bonds is 7. The van der Waals surface area contributed by atoms with E-state index in [1.54, 1.807) is 6.20 Å². The van der Waals surface area contributed by atoms with Crippen molar-refractivity contribution in [2.75, 3.05) is 6.61 Å². The van der Waals surface area contributed by atoms with Crippen LogP contribution in [0.1, 0.15) is 25.2 Å². The average Bonchev–Trinajstić information content (AvgIpc) is 3.16. The molecule has 26 heavy (non-hydrogen) atoms. The smallest absolute Gasteiger partial charge is 0.258 e. The van der Waals surface area contributed by atoms with Gasteiger partial charge in [0.05, 0.1) is 17.9 Å². The fourth-order valence-corrected chi connectivity index (χ4v) is 2.92. The van der Waals surface area contributed by atoms with Gasteiger partial charge in [0.25, 0.3) is 5.91 Å². The van der Waals surface area contributed by atoms with Gasteiger partial charge < -0.3 is 15.0 Å². The maximum Gasteiger partial charge on any atom is 0.258 e. The lowest BCUT2D eigenvalue weighted by atomic mass is 10.2. The number of aromatic amines is 1. The van der Waals surface area contributed by atoms with Crippen molar-refractivity contribution < 1.29 is 9.53 Å². The first-order valence-corrected chi connectivity index (χ1v) is 9.51. The van der Waals surface area contributed by atoms with Gasteiger partial charge in [-0.2, -0.15) is 0 Å². The number of nitrogens with zero attached hydrogens (tertiary/aromatic N) is 1. The zero-order valence-electron chi connectivity index (χ0n) is 14.4. The number of aromatic nitrogens is 2. The molecule has 3 aromatic rings. The van der Waals surface area contributed by atoms with Crippen LogP contribution in [0.2, 0.25) is 0 Å². The van der Waals surface area contributed by atoms with E-state index in [0.29, 0.717) is 5.75 Å². The van der Waals surface area contributed by atoms with Gasteiger partial charge in [0.2, 0.25) is 0 Å². The lowest BCUT2D eigenvalue weighted by molar-refractivity contribution is -0.123. The highest BCUT2D eigenvalue weighted by atomic mass is 127. The highest BCUT2D eigenvalue weighted by Crippen LogP contribution is 2.20. The van der Waals surface area contributed by atoms with Crippen LogP contribution in [-0.4, -0.2) is 22.5 Å². The molecular weight excluding hydrogens is 441 g/mol. The second kappa shape index (κ2) is 8.84. The van der Waals surface area contributed by atoms with Crippen LogP contribution < -0.4 is 10.1 Å². The summed E-state index contributed by atoms with van der Waals surface area (Å²) >= 11 is 2.23. The molecule has 0 aliphatic heterocycles. The molecule has 1 amide bonds. The van der Waals surface area contributed by atoms with E-state index in [2.05, 4.69) is 37.9 Å². The molecule has 0 spiro atoms. The summed E-state index contributed by atoms with van der Waals surface area (Å²) in [6, 6.07) is 17.4. The molecule has 1 atom stereocenters. The summed E-state index contributed by atoms with van der Waals surface area (Å²) in [5.74, 6) is 1.25. The average molecular weight is 461 g/mol. The minimum Gasteiger partial charge on any atom is -0.484 e. The molecule has 0 aliphatic rings. The van der Waals surface area contributed by atoms with E-state index in [9.17, 15) is 4.79 Å². The fraction of sp³-hybridized carbons (Fsp3) is 0.200. The van der Waals surface area contributed by atoms with Crippen LogP contribution in [0.4, 0.5) is 0 Å². The molecule has 0 fully saturated rings. The van der Waals surface area contributed by atoms with Crippen molar-refractivity contribution in [3.63, 3.8) is 0 Å². The molecule has 2 aromatic carbocycles. The Labute approximate surface area is 166 Å². The van der Waals surface area contributed by atoms with Crippen LogP contribution in [0.3, 0.4) is 0 Å². The van der Waals surface area contributed by atoms with Gasteiger partial charge in [-0.1, -0.05) is 37.3 Å². The highest BCUT2D eigenvalue weighted by Gasteiger charge is 2.16. The Kier molecular flexibility index (Phi) is 6.27. The Hall–Kier alpha value is -2.35. The molecule has 0 radical (unpaired) electrons. The second-order valence-electron chi connectivity index (χ2n) is 5.82. The summed E-state index contributed by atoms with van der Waals surface area (Å²) in [4.78, 5) is 20.0. The van der Waals surface area contributed by atoms with E-state index >= 15 is 0 Å². The van der Waals surface area contributed by atoms with Crippen LogP contribution in [0.25, 0.3) is 11.3 Å². The normalized spacial score (nSPS) is 11.8. The minimum absolute atomic E-state index is 0.0245. The number of carbonyl (C=O) groups is 1. The number of hydrogen-bond acceptors (Lipinski definition) is 3. The number of carbonyl (C=O) groups excluding carboxylic acids is 1. The van der Waals surface area contributed by atoms with Gasteiger partial charge in [0, 0.05) is 3.57 Å². The first kappa shape index (κ1) is 18.4. The van der Waals surface area contributed by atoms with E-state index in [1.807, 2.05) is 61.5 Å². The summed E-state index contributed by atoms with van der Waals surface area (Å²) in [5, 5.41) is 2.97. The summed E-state index contributed by atoms with van der Waals surface area (Å²) in [6.45, 7) is 1.99. The molecule has 1 unspecified atom stereocenters. The quantitative estimate of drug-likeness (QED) is 0.515. The lowest BCUT2D eigenvalue weighted by Gasteiger charge is -2.15. The van der Waals surface area contributed by atoms with Crippen LogP contribution in [0.5, 0.6) is 5.75 Å². The standard InChI is InChI=1S/C20H20IN3O2/c1-2-17(20-22-12-18(24-20)14-6-4-3-5-7-14)23-19(25)13-26-16-10-8-15(21)9-11-16/h3-12,17H,2,13H2,1H3,(H,22,24)(H,23,25). The monoisotopic (exact) mass is 461 g/mol. The molecule has 0 bridgehead atoms. The van der Waals surface area contributed by atoms with Crippen LogP contribution in [0, 0.1) is 3.57 Å². The summed E-state index contributed by atoms with van der Waals surface area (Å²) in [7, 11) is 0. The number of halogens is 1. The van der Waals surface area contributed by atoms with Gasteiger partial charge in [-0.25, -0.2) is 4.98 Å². The Morgan fingerprint density at radius 1 is 1.19 bits per heavy atom. The molecule has 1 heterocycles. The van der Waals surface area contributed by atoms with E-state index in [1.165, 1.54) is 0 Å². The molecule has 5 nitrogen and oxygen atoms in total. The SMILES string of the molecule is CCC(NC(=O)COc1ccc(I)cc1)c1ncc(-c2ccccc2)[nH]1.